The van der Waals surface area contributed by atoms with Gasteiger partial charge in [0.2, 0.25) is 0 Å². The van der Waals surface area contributed by atoms with Crippen molar-refractivity contribution in [1.82, 2.24) is 0 Å². The van der Waals surface area contributed by atoms with Crippen LogP contribution in [0.3, 0.4) is 0 Å². The average Bonchev–Trinajstić information content (AvgIpc) is 2.56. The molecule has 2 saturated carbocycles. The van der Waals surface area contributed by atoms with Crippen LogP contribution >= 0.6 is 22.6 Å². The first kappa shape index (κ1) is 7.59. The van der Waals surface area contributed by atoms with Crippen LogP contribution in [0, 0.1) is 23.7 Å². The fourth-order valence-corrected chi connectivity index (χ4v) is 4.95. The monoisotopic (exact) mass is 278 g/mol. The van der Waals surface area contributed by atoms with Crippen molar-refractivity contribution >= 4 is 28.6 Å². The van der Waals surface area contributed by atoms with E-state index in [1.807, 2.05) is 0 Å². The molecule has 1 saturated heterocycles. The lowest BCUT2D eigenvalue weighted by molar-refractivity contribution is -0.143. The van der Waals surface area contributed by atoms with Crippen LogP contribution in [0.15, 0.2) is 0 Å². The van der Waals surface area contributed by atoms with Crippen molar-refractivity contribution in [1.29, 1.82) is 0 Å². The molecule has 2 bridgehead atoms. The minimum atomic E-state index is 0.0826. The quantitative estimate of drug-likeness (QED) is 0.382. The Labute approximate surface area is 85.2 Å². The van der Waals surface area contributed by atoms with E-state index in [2.05, 4.69) is 29.5 Å². The van der Waals surface area contributed by atoms with Gasteiger partial charge in [0.05, 0.1) is 9.84 Å². The zero-order chi connectivity index (χ0) is 8.46. The number of rotatable bonds is 0. The van der Waals surface area contributed by atoms with Crippen molar-refractivity contribution in [3.8, 4) is 0 Å². The molecule has 2 nitrogen and oxygen atoms in total. The Morgan fingerprint density at radius 1 is 1.50 bits per heavy atom. The minimum Gasteiger partial charge on any atom is -0.461 e. The van der Waals surface area contributed by atoms with Gasteiger partial charge in [-0.3, -0.25) is 4.79 Å². The Hall–Kier alpha value is 0.200. The summed E-state index contributed by atoms with van der Waals surface area (Å²) in [5.41, 5.74) is 0. The third-order valence-corrected chi connectivity index (χ3v) is 5.55. The molecule has 3 fully saturated rings. The van der Waals surface area contributed by atoms with Gasteiger partial charge in [-0.25, -0.2) is 0 Å². The highest BCUT2D eigenvalue weighted by molar-refractivity contribution is 14.1. The van der Waals surface area contributed by atoms with Crippen LogP contribution in [0.25, 0.3) is 0 Å². The van der Waals surface area contributed by atoms with Gasteiger partial charge in [-0.1, -0.05) is 29.5 Å². The molecule has 6 atom stereocenters. The molecule has 0 radical (unpaired) electrons. The fraction of sp³-hybridized carbons (Fsp3) is 0.889. The lowest BCUT2D eigenvalue weighted by Crippen LogP contribution is -2.32. The average molecular weight is 278 g/mol. The maximum absolute atomic E-state index is 11.4. The van der Waals surface area contributed by atoms with Crippen molar-refractivity contribution in [2.75, 3.05) is 0 Å². The summed E-state index contributed by atoms with van der Waals surface area (Å²) in [6, 6.07) is 0. The fourth-order valence-electron chi connectivity index (χ4n) is 3.32. The number of hydrogen-bond acceptors (Lipinski definition) is 2. The number of carbonyl (C=O) groups excluding carboxylic acids is 1. The normalized spacial score (nSPS) is 61.0. The van der Waals surface area contributed by atoms with Gasteiger partial charge in [0.15, 0.2) is 0 Å². The van der Waals surface area contributed by atoms with Crippen molar-refractivity contribution < 1.29 is 9.53 Å². The van der Waals surface area contributed by atoms with Gasteiger partial charge in [-0.15, -0.1) is 0 Å². The number of fused-ring (bicyclic) bond motifs is 1. The summed E-state index contributed by atoms with van der Waals surface area (Å²) in [7, 11) is 0. The highest BCUT2D eigenvalue weighted by Gasteiger charge is 2.64. The molecule has 1 aliphatic heterocycles. The molecule has 3 heteroatoms. The Morgan fingerprint density at radius 2 is 2.25 bits per heavy atom. The molecule has 0 unspecified atom stereocenters. The molecule has 0 aromatic carbocycles. The smallest absolute Gasteiger partial charge is 0.309 e. The molecule has 0 aromatic rings. The van der Waals surface area contributed by atoms with Crippen LogP contribution in [0.2, 0.25) is 0 Å². The van der Waals surface area contributed by atoms with Gasteiger partial charge in [-0.05, 0) is 18.3 Å². The van der Waals surface area contributed by atoms with Crippen molar-refractivity contribution in [3.63, 3.8) is 0 Å². The van der Waals surface area contributed by atoms with Gasteiger partial charge in [0.25, 0.3) is 0 Å². The Bertz CT molecular complexity index is 253. The SMILES string of the molecule is C[C@H]1[C@H]2C[C@@H]3[C@H](OC(=O)[C@@H]13)[C@@H]2I. The van der Waals surface area contributed by atoms with Crippen LogP contribution in [0.1, 0.15) is 13.3 Å². The minimum absolute atomic E-state index is 0.0826. The van der Waals surface area contributed by atoms with Crippen molar-refractivity contribution in [2.45, 2.75) is 23.4 Å². The van der Waals surface area contributed by atoms with Crippen LogP contribution < -0.4 is 0 Å². The van der Waals surface area contributed by atoms with Crippen molar-refractivity contribution in [2.24, 2.45) is 23.7 Å². The van der Waals surface area contributed by atoms with E-state index >= 15 is 0 Å². The van der Waals surface area contributed by atoms with E-state index in [0.717, 1.165) is 5.92 Å². The number of halogens is 1. The summed E-state index contributed by atoms with van der Waals surface area (Å²) in [5.74, 6) is 2.23. The molecule has 0 N–H and O–H groups in total. The molecule has 3 aliphatic rings. The van der Waals surface area contributed by atoms with E-state index in [9.17, 15) is 4.79 Å². The van der Waals surface area contributed by atoms with Gasteiger partial charge in [0, 0.05) is 5.92 Å². The third kappa shape index (κ3) is 0.659. The van der Waals surface area contributed by atoms with Gasteiger partial charge < -0.3 is 4.74 Å². The zero-order valence-corrected chi connectivity index (χ0v) is 9.02. The maximum Gasteiger partial charge on any atom is 0.309 e. The molecule has 0 spiro atoms. The predicted molar refractivity (Wildman–Crippen MR) is 51.9 cm³/mol. The largest absolute Gasteiger partial charge is 0.461 e. The van der Waals surface area contributed by atoms with E-state index in [1.54, 1.807) is 0 Å². The number of alkyl halides is 1. The Kier molecular flexibility index (Phi) is 1.37. The van der Waals surface area contributed by atoms with Gasteiger partial charge >= 0.3 is 5.97 Å². The first-order valence-electron chi connectivity index (χ1n) is 4.54. The van der Waals surface area contributed by atoms with Crippen molar-refractivity contribution in [3.05, 3.63) is 0 Å². The highest BCUT2D eigenvalue weighted by Crippen LogP contribution is 2.59. The number of esters is 1. The third-order valence-electron chi connectivity index (χ3n) is 3.92. The van der Waals surface area contributed by atoms with Crippen LogP contribution in [0.5, 0.6) is 0 Å². The summed E-state index contributed by atoms with van der Waals surface area (Å²) in [6.45, 7) is 2.21. The number of ether oxygens (including phenoxy) is 1. The summed E-state index contributed by atoms with van der Waals surface area (Å²) in [5, 5.41) is 0. The molecule has 1 heterocycles. The molecule has 12 heavy (non-hydrogen) atoms. The van der Waals surface area contributed by atoms with E-state index in [0.29, 0.717) is 15.8 Å². The highest BCUT2D eigenvalue weighted by atomic mass is 127. The summed E-state index contributed by atoms with van der Waals surface area (Å²) < 4.78 is 5.96. The standard InChI is InChI=1S/C9H11IO2/c1-3-4-2-5-6(3)9(11)12-8(5)7(4)10/h3-8H,2H2,1H3/t3-,4+,5-,6-,7+,8-/m0/s1. The van der Waals surface area contributed by atoms with E-state index in [4.69, 9.17) is 4.74 Å². The Balaban J connectivity index is 2.06. The van der Waals surface area contributed by atoms with Crippen LogP contribution in [-0.4, -0.2) is 16.0 Å². The predicted octanol–water partition coefficient (Wildman–Crippen LogP) is 1.62. The second-order valence-corrected chi connectivity index (χ2v) is 5.73. The summed E-state index contributed by atoms with van der Waals surface area (Å²) in [4.78, 5) is 11.4. The van der Waals surface area contributed by atoms with Gasteiger partial charge in [0.1, 0.15) is 6.10 Å². The molecule has 0 aromatic heterocycles. The molecule has 2 aliphatic carbocycles. The number of hydrogen-bond donors (Lipinski definition) is 0. The zero-order valence-electron chi connectivity index (χ0n) is 6.87. The first-order valence-corrected chi connectivity index (χ1v) is 5.79. The van der Waals surface area contributed by atoms with E-state index < -0.39 is 0 Å². The lowest BCUT2D eigenvalue weighted by Gasteiger charge is -2.25. The van der Waals surface area contributed by atoms with Crippen LogP contribution in [0.4, 0.5) is 0 Å². The van der Waals surface area contributed by atoms with Crippen LogP contribution in [-0.2, 0) is 9.53 Å². The van der Waals surface area contributed by atoms with E-state index in [1.165, 1.54) is 6.42 Å². The molecule has 3 rings (SSSR count). The molecular formula is C9H11IO2. The summed E-state index contributed by atoms with van der Waals surface area (Å²) >= 11 is 2.46. The molecule has 0 amide bonds. The molecular weight excluding hydrogens is 267 g/mol. The Morgan fingerprint density at radius 3 is 2.92 bits per heavy atom. The topological polar surface area (TPSA) is 26.3 Å². The second kappa shape index (κ2) is 2.16. The lowest BCUT2D eigenvalue weighted by atomic mass is 9.81. The number of carbonyl (C=O) groups is 1. The molecule has 66 valence electrons. The second-order valence-electron chi connectivity index (χ2n) is 4.29. The summed E-state index contributed by atoms with van der Waals surface area (Å²) in [6.07, 6.45) is 1.50. The maximum atomic E-state index is 11.4. The van der Waals surface area contributed by atoms with E-state index in [-0.39, 0.29) is 18.0 Å². The van der Waals surface area contributed by atoms with Gasteiger partial charge in [-0.2, -0.15) is 0 Å². The first-order chi connectivity index (χ1) is 5.70.